The molecule has 0 saturated heterocycles. The van der Waals surface area contributed by atoms with E-state index in [0.717, 1.165) is 17.0 Å². The fraction of sp³-hybridized carbons (Fsp3) is 0.263. The highest BCUT2D eigenvalue weighted by atomic mass is 16.2. The molecule has 0 unspecified atom stereocenters. The van der Waals surface area contributed by atoms with Gasteiger partial charge in [0.15, 0.2) is 5.69 Å². The van der Waals surface area contributed by atoms with E-state index in [-0.39, 0.29) is 5.91 Å². The lowest BCUT2D eigenvalue weighted by Crippen LogP contribution is -2.32. The number of hydrogen-bond donors (Lipinski definition) is 0. The molecule has 0 spiro atoms. The summed E-state index contributed by atoms with van der Waals surface area (Å²) in [7, 11) is 3.98. The molecule has 0 aliphatic heterocycles. The van der Waals surface area contributed by atoms with Crippen molar-refractivity contribution < 1.29 is 4.79 Å². The van der Waals surface area contributed by atoms with Crippen molar-refractivity contribution in [3.8, 4) is 0 Å². The van der Waals surface area contributed by atoms with E-state index in [1.807, 2.05) is 85.0 Å². The van der Waals surface area contributed by atoms with Gasteiger partial charge in [-0.3, -0.25) is 4.79 Å². The van der Waals surface area contributed by atoms with Crippen LogP contribution in [-0.2, 0) is 6.54 Å². The molecule has 0 atom stereocenters. The minimum Gasteiger partial charge on any atom is -0.307 e. The molecule has 124 valence electrons. The topological polar surface area (TPSA) is 40.9 Å². The number of rotatable bonds is 5. The van der Waals surface area contributed by atoms with Gasteiger partial charge in [0.05, 0.1) is 5.69 Å². The Labute approximate surface area is 142 Å². The standard InChI is InChI=1S/C19H22N4O/c1-4-22(15-10-6-5-7-11-15)19(24)18-16(14-21(2)3)23-13-9-8-12-17(23)20-18/h5-13H,4,14H2,1-3H3. The van der Waals surface area contributed by atoms with E-state index in [9.17, 15) is 4.79 Å². The lowest BCUT2D eigenvalue weighted by atomic mass is 10.2. The fourth-order valence-corrected chi connectivity index (χ4v) is 2.85. The van der Waals surface area contributed by atoms with Gasteiger partial charge in [0.2, 0.25) is 0 Å². The number of aromatic nitrogens is 2. The zero-order chi connectivity index (χ0) is 17.1. The fourth-order valence-electron chi connectivity index (χ4n) is 2.85. The second-order valence-corrected chi connectivity index (χ2v) is 5.96. The molecular formula is C19H22N4O. The van der Waals surface area contributed by atoms with E-state index in [1.165, 1.54) is 0 Å². The van der Waals surface area contributed by atoms with E-state index in [1.54, 1.807) is 4.90 Å². The molecule has 24 heavy (non-hydrogen) atoms. The zero-order valence-electron chi connectivity index (χ0n) is 14.3. The molecule has 0 bridgehead atoms. The summed E-state index contributed by atoms with van der Waals surface area (Å²) in [4.78, 5) is 21.6. The summed E-state index contributed by atoms with van der Waals surface area (Å²) >= 11 is 0. The van der Waals surface area contributed by atoms with Crippen molar-refractivity contribution >= 4 is 17.2 Å². The van der Waals surface area contributed by atoms with Gasteiger partial charge < -0.3 is 14.2 Å². The molecule has 1 aromatic carbocycles. The summed E-state index contributed by atoms with van der Waals surface area (Å²) in [5.74, 6) is -0.0655. The Hall–Kier alpha value is -2.66. The number of carbonyl (C=O) groups is 1. The molecule has 2 heterocycles. The molecule has 0 saturated carbocycles. The summed E-state index contributed by atoms with van der Waals surface area (Å²) in [6.07, 6.45) is 1.96. The van der Waals surface area contributed by atoms with Gasteiger partial charge in [0.25, 0.3) is 5.91 Å². The molecule has 0 N–H and O–H groups in total. The number of anilines is 1. The van der Waals surface area contributed by atoms with Crippen LogP contribution in [0.25, 0.3) is 5.65 Å². The first-order chi connectivity index (χ1) is 11.6. The van der Waals surface area contributed by atoms with E-state index in [0.29, 0.717) is 18.8 Å². The van der Waals surface area contributed by atoms with E-state index >= 15 is 0 Å². The van der Waals surface area contributed by atoms with Gasteiger partial charge in [0.1, 0.15) is 5.65 Å². The van der Waals surface area contributed by atoms with Gasteiger partial charge in [-0.05, 0) is 45.3 Å². The first kappa shape index (κ1) is 16.2. The normalized spacial score (nSPS) is 11.2. The zero-order valence-corrected chi connectivity index (χ0v) is 14.3. The summed E-state index contributed by atoms with van der Waals surface area (Å²) in [6, 6.07) is 15.5. The van der Waals surface area contributed by atoms with Crippen molar-refractivity contribution in [3.05, 3.63) is 66.1 Å². The summed E-state index contributed by atoms with van der Waals surface area (Å²) in [5.41, 5.74) is 3.11. The predicted octanol–water partition coefficient (Wildman–Crippen LogP) is 3.06. The Kier molecular flexibility index (Phi) is 4.62. The van der Waals surface area contributed by atoms with Crippen LogP contribution in [0.15, 0.2) is 54.7 Å². The van der Waals surface area contributed by atoms with Crippen LogP contribution in [0.2, 0.25) is 0 Å². The highest BCUT2D eigenvalue weighted by Crippen LogP contribution is 2.20. The van der Waals surface area contributed by atoms with Crippen molar-refractivity contribution in [1.82, 2.24) is 14.3 Å². The van der Waals surface area contributed by atoms with Gasteiger partial charge >= 0.3 is 0 Å². The number of hydrogen-bond acceptors (Lipinski definition) is 3. The lowest BCUT2D eigenvalue weighted by molar-refractivity contribution is 0.0982. The van der Waals surface area contributed by atoms with Gasteiger partial charge in [-0.25, -0.2) is 4.98 Å². The van der Waals surface area contributed by atoms with E-state index in [2.05, 4.69) is 4.98 Å². The number of benzene rings is 1. The Balaban J connectivity index is 2.08. The quantitative estimate of drug-likeness (QED) is 0.725. The van der Waals surface area contributed by atoms with Crippen LogP contribution in [0, 0.1) is 0 Å². The molecule has 5 heteroatoms. The third-order valence-corrected chi connectivity index (χ3v) is 3.93. The van der Waals surface area contributed by atoms with E-state index < -0.39 is 0 Å². The average Bonchev–Trinajstić information content (AvgIpc) is 2.94. The van der Waals surface area contributed by atoms with Gasteiger partial charge in [-0.1, -0.05) is 24.3 Å². The molecule has 3 aromatic rings. The third-order valence-electron chi connectivity index (χ3n) is 3.93. The van der Waals surface area contributed by atoms with Gasteiger partial charge in [-0.2, -0.15) is 0 Å². The number of para-hydroxylation sites is 1. The molecule has 2 aromatic heterocycles. The molecule has 0 radical (unpaired) electrons. The monoisotopic (exact) mass is 322 g/mol. The van der Waals surface area contributed by atoms with Crippen LogP contribution in [0.1, 0.15) is 23.1 Å². The minimum atomic E-state index is -0.0655. The first-order valence-electron chi connectivity index (χ1n) is 8.09. The molecular weight excluding hydrogens is 300 g/mol. The maximum Gasteiger partial charge on any atom is 0.278 e. The first-order valence-corrected chi connectivity index (χ1v) is 8.09. The molecule has 0 aliphatic carbocycles. The molecule has 0 aliphatic rings. The number of carbonyl (C=O) groups excluding carboxylic acids is 1. The SMILES string of the molecule is CCN(C(=O)c1nc2ccccn2c1CN(C)C)c1ccccc1. The van der Waals surface area contributed by atoms with Crippen LogP contribution in [0.5, 0.6) is 0 Å². The number of pyridine rings is 1. The smallest absolute Gasteiger partial charge is 0.278 e. The molecule has 3 rings (SSSR count). The molecule has 1 amide bonds. The van der Waals surface area contributed by atoms with Gasteiger partial charge in [-0.15, -0.1) is 0 Å². The summed E-state index contributed by atoms with van der Waals surface area (Å²) in [6.45, 7) is 3.23. The number of amides is 1. The number of nitrogens with zero attached hydrogens (tertiary/aromatic N) is 4. The Morgan fingerprint density at radius 1 is 1.08 bits per heavy atom. The number of fused-ring (bicyclic) bond motifs is 1. The summed E-state index contributed by atoms with van der Waals surface area (Å²) in [5, 5.41) is 0. The summed E-state index contributed by atoms with van der Waals surface area (Å²) < 4.78 is 1.99. The Morgan fingerprint density at radius 3 is 2.46 bits per heavy atom. The van der Waals surface area contributed by atoms with Crippen molar-refractivity contribution in [3.63, 3.8) is 0 Å². The Bertz CT molecular complexity index is 839. The van der Waals surface area contributed by atoms with Gasteiger partial charge in [0, 0.05) is 25.0 Å². The second-order valence-electron chi connectivity index (χ2n) is 5.96. The van der Waals surface area contributed by atoms with Crippen molar-refractivity contribution in [1.29, 1.82) is 0 Å². The minimum absolute atomic E-state index is 0.0655. The second kappa shape index (κ2) is 6.84. The molecule has 0 fully saturated rings. The maximum atomic E-state index is 13.2. The van der Waals surface area contributed by atoms with Crippen molar-refractivity contribution in [2.45, 2.75) is 13.5 Å². The van der Waals surface area contributed by atoms with Crippen LogP contribution in [0.3, 0.4) is 0 Å². The van der Waals surface area contributed by atoms with Crippen LogP contribution in [0.4, 0.5) is 5.69 Å². The lowest BCUT2D eigenvalue weighted by Gasteiger charge is -2.21. The van der Waals surface area contributed by atoms with Crippen molar-refractivity contribution in [2.24, 2.45) is 0 Å². The molecule has 5 nitrogen and oxygen atoms in total. The Morgan fingerprint density at radius 2 is 1.79 bits per heavy atom. The number of imidazole rings is 1. The van der Waals surface area contributed by atoms with Crippen LogP contribution >= 0.6 is 0 Å². The van der Waals surface area contributed by atoms with Crippen LogP contribution in [-0.4, -0.2) is 40.8 Å². The predicted molar refractivity (Wildman–Crippen MR) is 96.4 cm³/mol. The third kappa shape index (κ3) is 3.03. The highest BCUT2D eigenvalue weighted by Gasteiger charge is 2.24. The largest absolute Gasteiger partial charge is 0.307 e. The van der Waals surface area contributed by atoms with Crippen molar-refractivity contribution in [2.75, 3.05) is 25.5 Å². The average molecular weight is 322 g/mol. The highest BCUT2D eigenvalue weighted by molar-refractivity contribution is 6.06. The van der Waals surface area contributed by atoms with E-state index in [4.69, 9.17) is 0 Å². The van der Waals surface area contributed by atoms with Crippen LogP contribution < -0.4 is 4.90 Å². The maximum absolute atomic E-state index is 13.2.